The van der Waals surface area contributed by atoms with Crippen LogP contribution in [-0.2, 0) is 5.41 Å². The molecule has 0 fully saturated rings. The molecule has 0 radical (unpaired) electrons. The second-order valence-corrected chi connectivity index (χ2v) is 17.9. The molecule has 0 amide bonds. The van der Waals surface area contributed by atoms with Crippen molar-refractivity contribution in [1.82, 2.24) is 4.57 Å². The predicted octanol–water partition coefficient (Wildman–Crippen LogP) is 15.3. The smallest absolute Gasteiger partial charge is 0.0714 e. The van der Waals surface area contributed by atoms with E-state index in [1.165, 1.54) is 87.9 Å². The van der Waals surface area contributed by atoms with Crippen LogP contribution in [0.5, 0.6) is 0 Å². The monoisotopic (exact) mass is 854 g/mol. The summed E-state index contributed by atoms with van der Waals surface area (Å²) in [7, 11) is 0. The Morgan fingerprint density at radius 2 is 0.896 bits per heavy atom. The Morgan fingerprint density at radius 3 is 1.57 bits per heavy atom. The number of aromatic nitrogens is 1. The van der Waals surface area contributed by atoms with Crippen LogP contribution in [0.15, 0.2) is 243 Å². The second kappa shape index (κ2) is 15.9. The van der Waals surface area contributed by atoms with E-state index in [2.05, 4.69) is 264 Å². The Kier molecular flexibility index (Phi) is 9.25. The molecule has 0 saturated carbocycles. The fourth-order valence-corrected chi connectivity index (χ4v) is 11.4. The summed E-state index contributed by atoms with van der Waals surface area (Å²) in [4.78, 5) is 2.44. The van der Waals surface area contributed by atoms with Gasteiger partial charge in [-0.15, -0.1) is 0 Å². The number of benzene rings is 10. The van der Waals surface area contributed by atoms with E-state index in [1.54, 1.807) is 0 Å². The van der Waals surface area contributed by atoms with Gasteiger partial charge in [0.15, 0.2) is 0 Å². The van der Waals surface area contributed by atoms with Crippen LogP contribution in [0.2, 0.25) is 0 Å². The minimum Gasteiger partial charge on any atom is -0.310 e. The normalized spacial score (nSPS) is 13.3. The molecule has 13 rings (SSSR count). The topological polar surface area (TPSA) is 8.17 Å². The average Bonchev–Trinajstić information content (AvgIpc) is 3.90. The maximum Gasteiger partial charge on any atom is 0.0714 e. The zero-order valence-corrected chi connectivity index (χ0v) is 37.1. The summed E-state index contributed by atoms with van der Waals surface area (Å²) in [6.07, 6.45) is 6.95. The summed E-state index contributed by atoms with van der Waals surface area (Å²) in [5, 5.41) is 5.17. The number of fused-ring (bicyclic) bond motifs is 7. The fraction of sp³-hybridized carbons (Fsp3) is 0.0462. The summed E-state index contributed by atoms with van der Waals surface area (Å²) >= 11 is 0. The lowest BCUT2D eigenvalue weighted by molar-refractivity contribution is 0.768. The Morgan fingerprint density at radius 1 is 0.373 bits per heavy atom. The largest absolute Gasteiger partial charge is 0.310 e. The zero-order chi connectivity index (χ0) is 44.3. The zero-order valence-electron chi connectivity index (χ0n) is 37.1. The molecule has 0 saturated heterocycles. The van der Waals surface area contributed by atoms with E-state index < -0.39 is 5.41 Å². The maximum atomic E-state index is 2.47. The number of para-hydroxylation sites is 2. The van der Waals surface area contributed by atoms with Crippen molar-refractivity contribution in [3.63, 3.8) is 0 Å². The molecule has 2 heteroatoms. The maximum absolute atomic E-state index is 2.47. The molecule has 67 heavy (non-hydrogen) atoms. The van der Waals surface area contributed by atoms with E-state index in [0.717, 1.165) is 35.6 Å². The molecule has 0 bridgehead atoms. The van der Waals surface area contributed by atoms with E-state index in [0.29, 0.717) is 0 Å². The molecule has 316 valence electrons. The van der Waals surface area contributed by atoms with Gasteiger partial charge in [0.2, 0.25) is 0 Å². The third-order valence-electron chi connectivity index (χ3n) is 14.3. The number of nitrogens with zero attached hydrogens (tertiary/aromatic N) is 2. The Balaban J connectivity index is 1.01. The van der Waals surface area contributed by atoms with Crippen LogP contribution in [0.25, 0.3) is 73.0 Å². The summed E-state index contributed by atoms with van der Waals surface area (Å²) in [5.74, 6) is 0. The third kappa shape index (κ3) is 6.18. The molecule has 2 aliphatic carbocycles. The third-order valence-corrected chi connectivity index (χ3v) is 14.3. The highest BCUT2D eigenvalue weighted by Crippen LogP contribution is 2.57. The van der Waals surface area contributed by atoms with Gasteiger partial charge in [0.1, 0.15) is 0 Å². The molecule has 0 unspecified atom stereocenters. The fourth-order valence-electron chi connectivity index (χ4n) is 11.4. The predicted molar refractivity (Wildman–Crippen MR) is 281 cm³/mol. The van der Waals surface area contributed by atoms with Gasteiger partial charge in [0.05, 0.1) is 16.4 Å². The highest BCUT2D eigenvalue weighted by atomic mass is 15.1. The minimum absolute atomic E-state index is 0.519. The summed E-state index contributed by atoms with van der Waals surface area (Å²) in [6, 6.07) is 89.7. The molecule has 11 aromatic rings. The molecule has 10 aromatic carbocycles. The average molecular weight is 855 g/mol. The van der Waals surface area contributed by atoms with Crippen molar-refractivity contribution in [2.45, 2.75) is 18.3 Å². The molecule has 2 aliphatic rings. The Labute approximate surface area is 391 Å². The molecule has 0 atom stereocenters. The SMILES string of the molecule is C1=c2ccc(-c3ccc(N(c4ccc(-n5c6ccccc6c6ccccc65)cc4)c4ccc5c(c4)C(c4ccccc4)(c4ccccc4)c4ccccc4-5)cc3)c(-c3ccccc3)c2=CCC1. The van der Waals surface area contributed by atoms with Gasteiger partial charge in [-0.05, 0) is 140 Å². The van der Waals surface area contributed by atoms with E-state index in [9.17, 15) is 0 Å². The van der Waals surface area contributed by atoms with Gasteiger partial charge in [-0.25, -0.2) is 0 Å². The van der Waals surface area contributed by atoms with E-state index in [-0.39, 0.29) is 0 Å². The first-order valence-electron chi connectivity index (χ1n) is 23.5. The lowest BCUT2D eigenvalue weighted by Crippen LogP contribution is -2.29. The quantitative estimate of drug-likeness (QED) is 0.148. The standard InChI is InChI=1S/C65H46N2/c1-4-19-47(20-5-1)64-54-25-11-10-18-45(54)34-42-55(64)46-32-35-50(36-33-46)66(51-37-39-52(40-38-51)67-62-30-16-13-27-58(62)59-28-14-17-31-63(59)67)53-41-43-57-56-26-12-15-29-60(56)65(61(57)44-53,48-21-6-2-7-22-48)49-23-8-3-9-24-49/h1-9,12-44H,10-11H2. The van der Waals surface area contributed by atoms with Crippen molar-refractivity contribution in [2.24, 2.45) is 0 Å². The highest BCUT2D eigenvalue weighted by Gasteiger charge is 2.46. The Hall–Kier alpha value is -8.46. The van der Waals surface area contributed by atoms with Crippen molar-refractivity contribution in [1.29, 1.82) is 0 Å². The first kappa shape index (κ1) is 39.0. The molecule has 1 heterocycles. The molecule has 0 spiro atoms. The minimum atomic E-state index is -0.519. The van der Waals surface area contributed by atoms with Crippen LogP contribution in [0.1, 0.15) is 35.1 Å². The number of rotatable bonds is 8. The first-order valence-corrected chi connectivity index (χ1v) is 23.5. The van der Waals surface area contributed by atoms with Gasteiger partial charge in [-0.1, -0.05) is 194 Å². The van der Waals surface area contributed by atoms with Crippen molar-refractivity contribution in [3.05, 3.63) is 275 Å². The Bertz CT molecular complexity index is 3680. The second-order valence-electron chi connectivity index (χ2n) is 17.9. The van der Waals surface area contributed by atoms with Gasteiger partial charge in [0, 0.05) is 33.5 Å². The van der Waals surface area contributed by atoms with Crippen molar-refractivity contribution >= 4 is 51.0 Å². The first-order chi connectivity index (χ1) is 33.3. The number of hydrogen-bond acceptors (Lipinski definition) is 1. The molecule has 2 nitrogen and oxygen atoms in total. The van der Waals surface area contributed by atoms with Gasteiger partial charge in [-0.3, -0.25) is 0 Å². The number of anilines is 3. The van der Waals surface area contributed by atoms with Gasteiger partial charge >= 0.3 is 0 Å². The molecule has 0 N–H and O–H groups in total. The van der Waals surface area contributed by atoms with Crippen LogP contribution in [0.4, 0.5) is 17.1 Å². The summed E-state index contributed by atoms with van der Waals surface area (Å²) in [6.45, 7) is 0. The van der Waals surface area contributed by atoms with E-state index in [4.69, 9.17) is 0 Å². The lowest BCUT2D eigenvalue weighted by atomic mass is 9.67. The van der Waals surface area contributed by atoms with Gasteiger partial charge < -0.3 is 9.47 Å². The van der Waals surface area contributed by atoms with Crippen LogP contribution < -0.4 is 15.3 Å². The van der Waals surface area contributed by atoms with Crippen molar-refractivity contribution < 1.29 is 0 Å². The van der Waals surface area contributed by atoms with Crippen LogP contribution >= 0.6 is 0 Å². The molecule has 1 aromatic heterocycles. The molecular weight excluding hydrogens is 809 g/mol. The highest BCUT2D eigenvalue weighted by molar-refractivity contribution is 6.09. The van der Waals surface area contributed by atoms with Gasteiger partial charge in [-0.2, -0.15) is 0 Å². The lowest BCUT2D eigenvalue weighted by Gasteiger charge is -2.35. The summed E-state index contributed by atoms with van der Waals surface area (Å²) < 4.78 is 2.40. The molecule has 0 aliphatic heterocycles. The van der Waals surface area contributed by atoms with Gasteiger partial charge in [0.25, 0.3) is 0 Å². The van der Waals surface area contributed by atoms with Crippen molar-refractivity contribution in [2.75, 3.05) is 4.90 Å². The van der Waals surface area contributed by atoms with Crippen molar-refractivity contribution in [3.8, 4) is 39.1 Å². The number of hydrogen-bond donors (Lipinski definition) is 0. The van der Waals surface area contributed by atoms with Crippen LogP contribution in [-0.4, -0.2) is 4.57 Å². The molecular formula is C65H46N2. The van der Waals surface area contributed by atoms with E-state index in [1.807, 2.05) is 0 Å². The van der Waals surface area contributed by atoms with E-state index >= 15 is 0 Å². The summed E-state index contributed by atoms with van der Waals surface area (Å²) in [5.41, 5.74) is 18.9. The van der Waals surface area contributed by atoms with Crippen LogP contribution in [0, 0.1) is 0 Å². The van der Waals surface area contributed by atoms with Crippen LogP contribution in [0.3, 0.4) is 0 Å².